The van der Waals surface area contributed by atoms with Gasteiger partial charge in [-0.05, 0) is 0 Å². The number of rotatable bonds is 0. The maximum absolute atomic E-state index is 12.0. The first-order valence-corrected chi connectivity index (χ1v) is 3.99. The zero-order chi connectivity index (χ0) is 8.10. The van der Waals surface area contributed by atoms with E-state index in [1.165, 1.54) is 37.5 Å². The summed E-state index contributed by atoms with van der Waals surface area (Å²) >= 11 is 5.39. The number of hydrogen-bond acceptors (Lipinski definition) is 0. The van der Waals surface area contributed by atoms with E-state index in [0.29, 0.717) is 5.02 Å². The molecule has 3 heteroatoms. The molecule has 0 aromatic heterocycles. The van der Waals surface area contributed by atoms with Gasteiger partial charge in [-0.25, -0.2) is 0 Å². The second-order valence-electron chi connectivity index (χ2n) is 2.42. The van der Waals surface area contributed by atoms with Crippen LogP contribution in [-0.2, 0) is 32.7 Å². The molecule has 12 heavy (non-hydrogen) atoms. The van der Waals surface area contributed by atoms with E-state index in [-0.39, 0.29) is 38.5 Å². The summed E-state index contributed by atoms with van der Waals surface area (Å²) < 4.78 is 12.0. The van der Waals surface area contributed by atoms with Crippen LogP contribution in [0.25, 0.3) is 0 Å². The van der Waals surface area contributed by atoms with Gasteiger partial charge < -0.3 is 0 Å². The molecule has 63 valence electrons. The Kier molecular flexibility index (Phi) is 7.31. The topological polar surface area (TPSA) is 0 Å². The van der Waals surface area contributed by atoms with E-state index >= 15 is 0 Å². The number of benzene rings is 1. The third kappa shape index (κ3) is 7.21. The Balaban J connectivity index is 0.000000257. The summed E-state index contributed by atoms with van der Waals surface area (Å²) in [5.74, 6) is -0.311. The first-order valence-electron chi connectivity index (χ1n) is 3.62. The van der Waals surface area contributed by atoms with Crippen molar-refractivity contribution in [3.63, 3.8) is 0 Å². The quantitative estimate of drug-likeness (QED) is 0.627. The Bertz CT molecular complexity index is 185. The van der Waals surface area contributed by atoms with Gasteiger partial charge in [0.05, 0.1) is 0 Å². The van der Waals surface area contributed by atoms with Crippen molar-refractivity contribution in [1.82, 2.24) is 0 Å². The molecule has 0 spiro atoms. The fourth-order valence-corrected chi connectivity index (χ4v) is 0.504. The van der Waals surface area contributed by atoms with Crippen molar-refractivity contribution in [3.8, 4) is 0 Å². The van der Waals surface area contributed by atoms with Crippen LogP contribution in [0.5, 0.6) is 0 Å². The fraction of sp³-hybridized carbons (Fsp3) is 0.333. The predicted octanol–water partition coefficient (Wildman–Crippen LogP) is 3.45. The standard InChI is InChI=1S/C6H3ClF.C3H6.Y/c7-5-1-3-6(8)4-2-5;1-2-3-1;/h1,3-4H;1-3H2;/q-1;;. The minimum atomic E-state index is -0.311. The zero-order valence-electron chi connectivity index (χ0n) is 6.69. The minimum absolute atomic E-state index is 0. The second kappa shape index (κ2) is 7.00. The summed E-state index contributed by atoms with van der Waals surface area (Å²) in [5, 5.41) is 0.436. The van der Waals surface area contributed by atoms with Gasteiger partial charge in [-0.15, -0.1) is 29.8 Å². The molecule has 0 aliphatic heterocycles. The largest absolute Gasteiger partial charge is 0.284 e. The van der Waals surface area contributed by atoms with Gasteiger partial charge in [-0.1, -0.05) is 24.3 Å². The van der Waals surface area contributed by atoms with Gasteiger partial charge in [-0.3, -0.25) is 4.39 Å². The molecule has 2 rings (SSSR count). The molecule has 0 nitrogen and oxygen atoms in total. The maximum atomic E-state index is 12.0. The molecule has 0 N–H and O–H groups in total. The Morgan fingerprint density at radius 3 is 2.08 bits per heavy atom. The van der Waals surface area contributed by atoms with Gasteiger partial charge in [0.1, 0.15) is 0 Å². The van der Waals surface area contributed by atoms with Crippen LogP contribution in [-0.4, -0.2) is 0 Å². The van der Waals surface area contributed by atoms with Crippen LogP contribution >= 0.6 is 11.6 Å². The molecule has 0 amide bonds. The Labute approximate surface area is 102 Å². The van der Waals surface area contributed by atoms with Gasteiger partial charge in [0, 0.05) is 38.5 Å². The predicted molar refractivity (Wildman–Crippen MR) is 44.1 cm³/mol. The molecular weight excluding hydrogens is 251 g/mol. The molecule has 0 heterocycles. The summed E-state index contributed by atoms with van der Waals surface area (Å²) in [5.41, 5.74) is 0. The minimum Gasteiger partial charge on any atom is -0.284 e. The number of halogens is 2. The zero-order valence-corrected chi connectivity index (χ0v) is 10.3. The summed E-state index contributed by atoms with van der Waals surface area (Å²) in [6.45, 7) is 0. The van der Waals surface area contributed by atoms with Crippen molar-refractivity contribution in [2.75, 3.05) is 0 Å². The van der Waals surface area contributed by atoms with Gasteiger partial charge >= 0.3 is 0 Å². The molecule has 1 aromatic rings. The Hall–Kier alpha value is 0.544. The third-order valence-electron chi connectivity index (χ3n) is 1.09. The van der Waals surface area contributed by atoms with Crippen LogP contribution in [0.1, 0.15) is 19.3 Å². The van der Waals surface area contributed by atoms with E-state index in [0.717, 1.165) is 0 Å². The fourth-order valence-electron chi connectivity index (χ4n) is 0.387. The summed E-state index contributed by atoms with van der Waals surface area (Å²) in [7, 11) is 0. The van der Waals surface area contributed by atoms with E-state index in [1.807, 2.05) is 0 Å². The Morgan fingerprint density at radius 2 is 1.83 bits per heavy atom. The molecule has 0 atom stereocenters. The summed E-state index contributed by atoms with van der Waals surface area (Å²) in [6, 6.07) is 6.43. The Morgan fingerprint density at radius 1 is 1.25 bits per heavy atom. The van der Waals surface area contributed by atoms with Crippen molar-refractivity contribution in [2.45, 2.75) is 19.3 Å². The molecule has 1 radical (unpaired) electrons. The molecule has 1 aliphatic carbocycles. The van der Waals surface area contributed by atoms with Crippen LogP contribution in [0.4, 0.5) is 4.39 Å². The van der Waals surface area contributed by atoms with Gasteiger partial charge in [0.2, 0.25) is 0 Å². The molecule has 1 saturated carbocycles. The monoisotopic (exact) mass is 260 g/mol. The third-order valence-corrected chi connectivity index (χ3v) is 1.33. The molecule has 0 saturated heterocycles. The first kappa shape index (κ1) is 12.5. The maximum Gasteiger partial charge on any atom is 0.00880 e. The molecule has 0 unspecified atom stereocenters. The van der Waals surface area contributed by atoms with E-state index in [9.17, 15) is 4.39 Å². The van der Waals surface area contributed by atoms with Gasteiger partial charge in [-0.2, -0.15) is 6.07 Å². The normalized spacial score (nSPS) is 12.2. The average Bonchev–Trinajstić information content (AvgIpc) is 2.80. The molecule has 1 aromatic carbocycles. The van der Waals surface area contributed by atoms with E-state index in [2.05, 4.69) is 6.07 Å². The van der Waals surface area contributed by atoms with E-state index in [4.69, 9.17) is 11.6 Å². The van der Waals surface area contributed by atoms with Gasteiger partial charge in [0.15, 0.2) is 0 Å². The smallest absolute Gasteiger partial charge is 0.00880 e. The van der Waals surface area contributed by atoms with Crippen LogP contribution in [0.2, 0.25) is 5.02 Å². The average molecular weight is 261 g/mol. The van der Waals surface area contributed by atoms with Crippen molar-refractivity contribution in [3.05, 3.63) is 35.1 Å². The van der Waals surface area contributed by atoms with Crippen LogP contribution < -0.4 is 0 Å². The second-order valence-corrected chi connectivity index (χ2v) is 2.82. The first-order chi connectivity index (χ1) is 5.29. The molecule has 0 bridgehead atoms. The van der Waals surface area contributed by atoms with Crippen molar-refractivity contribution in [1.29, 1.82) is 0 Å². The molecule has 1 fully saturated rings. The SMILES string of the molecule is C1CC1.Fc1c[c-]c(Cl)cc1.[Y]. The molecule has 1 aliphatic rings. The van der Waals surface area contributed by atoms with Gasteiger partial charge in [0.25, 0.3) is 0 Å². The van der Waals surface area contributed by atoms with Crippen molar-refractivity contribution < 1.29 is 37.1 Å². The molecular formula is C9H9ClFY-. The van der Waals surface area contributed by atoms with E-state index < -0.39 is 0 Å². The van der Waals surface area contributed by atoms with Crippen molar-refractivity contribution >= 4 is 11.6 Å². The van der Waals surface area contributed by atoms with Crippen LogP contribution in [0.3, 0.4) is 0 Å². The summed E-state index contributed by atoms with van der Waals surface area (Å²) in [4.78, 5) is 0. The van der Waals surface area contributed by atoms with Crippen LogP contribution in [0.15, 0.2) is 18.2 Å². The van der Waals surface area contributed by atoms with Crippen molar-refractivity contribution in [2.24, 2.45) is 0 Å². The summed E-state index contributed by atoms with van der Waals surface area (Å²) in [6.07, 6.45) is 4.50. The van der Waals surface area contributed by atoms with Crippen LogP contribution in [0, 0.1) is 11.9 Å². The number of hydrogen-bond donors (Lipinski definition) is 0. The van der Waals surface area contributed by atoms with E-state index in [1.54, 1.807) is 0 Å².